The monoisotopic (exact) mass is 233 g/mol. The maximum Gasteiger partial charge on any atom is 0.256 e. The summed E-state index contributed by atoms with van der Waals surface area (Å²) >= 11 is 0. The molecule has 2 rings (SSSR count). The minimum atomic E-state index is 0.0629. The van der Waals surface area contributed by atoms with Gasteiger partial charge >= 0.3 is 0 Å². The van der Waals surface area contributed by atoms with E-state index in [2.05, 4.69) is 5.43 Å². The van der Waals surface area contributed by atoms with E-state index in [1.165, 1.54) is 12.8 Å². The number of hydrogen-bond donors (Lipinski definition) is 2. The zero-order chi connectivity index (χ0) is 12.3. The van der Waals surface area contributed by atoms with Gasteiger partial charge in [0.25, 0.3) is 5.91 Å². The second-order valence-corrected chi connectivity index (χ2v) is 4.48. The number of amides is 1. The van der Waals surface area contributed by atoms with Crippen LogP contribution in [-0.4, -0.2) is 23.9 Å². The van der Waals surface area contributed by atoms with Crippen LogP contribution >= 0.6 is 0 Å². The van der Waals surface area contributed by atoms with E-state index in [0.717, 1.165) is 13.1 Å². The van der Waals surface area contributed by atoms with Crippen molar-refractivity contribution in [1.29, 1.82) is 0 Å². The second-order valence-electron chi connectivity index (χ2n) is 4.48. The van der Waals surface area contributed by atoms with Crippen molar-refractivity contribution < 1.29 is 4.79 Å². The Morgan fingerprint density at radius 3 is 2.76 bits per heavy atom. The maximum atomic E-state index is 12.3. The lowest BCUT2D eigenvalue weighted by Gasteiger charge is -2.22. The number of carbonyl (C=O) groups is 1. The predicted molar refractivity (Wildman–Crippen MR) is 68.6 cm³/mol. The van der Waals surface area contributed by atoms with Crippen LogP contribution in [0.2, 0.25) is 0 Å². The summed E-state index contributed by atoms with van der Waals surface area (Å²) in [6.07, 6.45) is 2.50. The Labute approximate surface area is 102 Å². The first kappa shape index (κ1) is 11.9. The highest BCUT2D eigenvalue weighted by Gasteiger charge is 2.27. The maximum absolute atomic E-state index is 12.3. The summed E-state index contributed by atoms with van der Waals surface area (Å²) < 4.78 is 0. The number of rotatable bonds is 5. The molecule has 0 unspecified atom stereocenters. The van der Waals surface area contributed by atoms with Crippen LogP contribution in [0.15, 0.2) is 24.3 Å². The van der Waals surface area contributed by atoms with Gasteiger partial charge in [0.2, 0.25) is 0 Å². The molecule has 1 aromatic rings. The summed E-state index contributed by atoms with van der Waals surface area (Å²) in [6, 6.07) is 7.35. The van der Waals surface area contributed by atoms with Crippen molar-refractivity contribution in [3.8, 4) is 0 Å². The van der Waals surface area contributed by atoms with Gasteiger partial charge in [-0.05, 0) is 37.8 Å². The molecule has 0 saturated heterocycles. The normalized spacial score (nSPS) is 14.5. The van der Waals surface area contributed by atoms with Crippen molar-refractivity contribution in [2.75, 3.05) is 18.5 Å². The summed E-state index contributed by atoms with van der Waals surface area (Å²) in [4.78, 5) is 14.2. The zero-order valence-electron chi connectivity index (χ0n) is 10.1. The van der Waals surface area contributed by atoms with E-state index in [4.69, 9.17) is 5.84 Å². The molecule has 0 aromatic heterocycles. The summed E-state index contributed by atoms with van der Waals surface area (Å²) in [5.41, 5.74) is 3.91. The van der Waals surface area contributed by atoms with Crippen LogP contribution in [0.1, 0.15) is 30.1 Å². The van der Waals surface area contributed by atoms with Gasteiger partial charge in [0, 0.05) is 13.1 Å². The number of hydrogen-bond acceptors (Lipinski definition) is 3. The van der Waals surface area contributed by atoms with E-state index >= 15 is 0 Å². The number of nitrogen functional groups attached to an aromatic ring is 1. The molecule has 1 saturated carbocycles. The molecule has 1 fully saturated rings. The van der Waals surface area contributed by atoms with Crippen molar-refractivity contribution in [2.45, 2.75) is 19.8 Å². The van der Waals surface area contributed by atoms with E-state index in [-0.39, 0.29) is 5.91 Å². The highest BCUT2D eigenvalue weighted by Crippen LogP contribution is 2.30. The molecule has 1 aliphatic rings. The fourth-order valence-electron chi connectivity index (χ4n) is 1.93. The van der Waals surface area contributed by atoms with Crippen LogP contribution in [0.4, 0.5) is 5.69 Å². The van der Waals surface area contributed by atoms with E-state index < -0.39 is 0 Å². The van der Waals surface area contributed by atoms with Crippen molar-refractivity contribution in [1.82, 2.24) is 4.90 Å². The van der Waals surface area contributed by atoms with Gasteiger partial charge in [-0.1, -0.05) is 12.1 Å². The SMILES string of the molecule is CCN(CC1CC1)C(=O)c1ccccc1NN. The lowest BCUT2D eigenvalue weighted by atomic mass is 10.1. The van der Waals surface area contributed by atoms with Crippen LogP contribution in [0.25, 0.3) is 0 Å². The van der Waals surface area contributed by atoms with Crippen molar-refractivity contribution in [3.05, 3.63) is 29.8 Å². The number of hydrazine groups is 1. The molecule has 1 amide bonds. The Kier molecular flexibility index (Phi) is 3.64. The Morgan fingerprint density at radius 1 is 1.47 bits per heavy atom. The Bertz CT molecular complexity index is 401. The van der Waals surface area contributed by atoms with E-state index in [1.54, 1.807) is 0 Å². The Morgan fingerprint density at radius 2 is 2.18 bits per heavy atom. The zero-order valence-corrected chi connectivity index (χ0v) is 10.1. The largest absolute Gasteiger partial charge is 0.339 e. The molecule has 3 N–H and O–H groups in total. The van der Waals surface area contributed by atoms with Crippen LogP contribution in [0.3, 0.4) is 0 Å². The molecule has 0 atom stereocenters. The summed E-state index contributed by atoms with van der Waals surface area (Å²) in [5, 5.41) is 0. The molecule has 4 nitrogen and oxygen atoms in total. The predicted octanol–water partition coefficient (Wildman–Crippen LogP) is 1.84. The summed E-state index contributed by atoms with van der Waals surface area (Å²) in [5.74, 6) is 6.19. The molecule has 0 bridgehead atoms. The number of carbonyl (C=O) groups excluding carboxylic acids is 1. The fourth-order valence-corrected chi connectivity index (χ4v) is 1.93. The molecule has 0 heterocycles. The molecule has 0 aliphatic heterocycles. The van der Waals surface area contributed by atoms with Gasteiger partial charge in [-0.15, -0.1) is 0 Å². The topological polar surface area (TPSA) is 58.4 Å². The molecule has 0 radical (unpaired) electrons. The summed E-state index contributed by atoms with van der Waals surface area (Å²) in [7, 11) is 0. The summed E-state index contributed by atoms with van der Waals surface area (Å²) in [6.45, 7) is 3.63. The quantitative estimate of drug-likeness (QED) is 0.602. The van der Waals surface area contributed by atoms with Crippen molar-refractivity contribution in [3.63, 3.8) is 0 Å². The van der Waals surface area contributed by atoms with Crippen LogP contribution < -0.4 is 11.3 Å². The molecule has 1 aliphatic carbocycles. The highest BCUT2D eigenvalue weighted by atomic mass is 16.2. The standard InChI is InChI=1S/C13H19N3O/c1-2-16(9-10-7-8-10)13(17)11-5-3-4-6-12(11)15-14/h3-6,10,15H,2,7-9,14H2,1H3. The molecule has 1 aromatic carbocycles. The molecular formula is C13H19N3O. The minimum absolute atomic E-state index is 0.0629. The molecular weight excluding hydrogens is 214 g/mol. The van der Waals surface area contributed by atoms with Gasteiger partial charge in [-0.3, -0.25) is 10.6 Å². The first-order chi connectivity index (χ1) is 8.26. The van der Waals surface area contributed by atoms with Gasteiger partial charge in [-0.2, -0.15) is 0 Å². The van der Waals surface area contributed by atoms with Crippen molar-refractivity contribution in [2.24, 2.45) is 11.8 Å². The molecule has 0 spiro atoms. The van der Waals surface area contributed by atoms with E-state index in [9.17, 15) is 4.79 Å². The highest BCUT2D eigenvalue weighted by molar-refractivity contribution is 5.99. The molecule has 17 heavy (non-hydrogen) atoms. The molecule has 92 valence electrons. The van der Waals surface area contributed by atoms with Crippen LogP contribution in [-0.2, 0) is 0 Å². The Hall–Kier alpha value is -1.55. The average molecular weight is 233 g/mol. The number of benzene rings is 1. The number of nitrogens with zero attached hydrogens (tertiary/aromatic N) is 1. The third kappa shape index (κ3) is 2.77. The third-order valence-electron chi connectivity index (χ3n) is 3.16. The smallest absolute Gasteiger partial charge is 0.256 e. The first-order valence-corrected chi connectivity index (χ1v) is 6.11. The van der Waals surface area contributed by atoms with Gasteiger partial charge < -0.3 is 10.3 Å². The second kappa shape index (κ2) is 5.19. The van der Waals surface area contributed by atoms with Gasteiger partial charge in [0.15, 0.2) is 0 Å². The lowest BCUT2D eigenvalue weighted by Crippen LogP contribution is -2.33. The van der Waals surface area contributed by atoms with Gasteiger partial charge in [-0.25, -0.2) is 0 Å². The average Bonchev–Trinajstić information content (AvgIpc) is 3.19. The number of para-hydroxylation sites is 1. The van der Waals surface area contributed by atoms with Crippen molar-refractivity contribution >= 4 is 11.6 Å². The van der Waals surface area contributed by atoms with Crippen LogP contribution in [0, 0.1) is 5.92 Å². The molecule has 4 heteroatoms. The Balaban J connectivity index is 2.15. The number of nitrogens with one attached hydrogen (secondary N) is 1. The van der Waals surface area contributed by atoms with E-state index in [0.29, 0.717) is 17.2 Å². The van der Waals surface area contributed by atoms with E-state index in [1.807, 2.05) is 36.1 Å². The third-order valence-corrected chi connectivity index (χ3v) is 3.16. The fraction of sp³-hybridized carbons (Fsp3) is 0.462. The number of anilines is 1. The minimum Gasteiger partial charge on any atom is -0.339 e. The van der Waals surface area contributed by atoms with Gasteiger partial charge in [0.1, 0.15) is 0 Å². The number of nitrogens with two attached hydrogens (primary N) is 1. The van der Waals surface area contributed by atoms with Crippen LogP contribution in [0.5, 0.6) is 0 Å². The first-order valence-electron chi connectivity index (χ1n) is 6.11. The lowest BCUT2D eigenvalue weighted by molar-refractivity contribution is 0.0758. The van der Waals surface area contributed by atoms with Gasteiger partial charge in [0.05, 0.1) is 11.3 Å².